The maximum absolute atomic E-state index is 12.0. The highest BCUT2D eigenvalue weighted by Crippen LogP contribution is 2.27. The van der Waals surface area contributed by atoms with Crippen LogP contribution in [0.4, 0.5) is 4.79 Å². The van der Waals surface area contributed by atoms with Crippen LogP contribution in [0.2, 0.25) is 0 Å². The van der Waals surface area contributed by atoms with Crippen LogP contribution in [-0.2, 0) is 4.74 Å². The highest BCUT2D eigenvalue weighted by Gasteiger charge is 2.35. The first-order valence-electron chi connectivity index (χ1n) is 7.27. The number of nitrogens with zero attached hydrogens (tertiary/aromatic N) is 1. The molecule has 1 fully saturated rings. The zero-order valence-corrected chi connectivity index (χ0v) is 13.1. The number of likely N-dealkylation sites (tertiary alicyclic amines) is 1. The van der Waals surface area contributed by atoms with E-state index in [4.69, 9.17) is 4.74 Å². The average molecular weight is 280 g/mol. The Balaban J connectivity index is 2.57. The monoisotopic (exact) mass is 280 g/mol. The van der Waals surface area contributed by atoms with Gasteiger partial charge in [0, 0.05) is 25.2 Å². The fourth-order valence-corrected chi connectivity index (χ4v) is 2.46. The number of hydrogen-bond donors (Lipinski definition) is 1. The third-order valence-electron chi connectivity index (χ3n) is 3.53. The van der Waals surface area contributed by atoms with Crippen molar-refractivity contribution in [2.24, 2.45) is 0 Å². The normalized spacial score (nSPS) is 18.4. The minimum atomic E-state index is -0.437. The molecule has 4 heteroatoms. The lowest BCUT2D eigenvalue weighted by molar-refractivity contribution is 0.0150. The number of carbonyl (C=O) groups is 1. The van der Waals surface area contributed by atoms with Crippen LogP contribution in [0.1, 0.15) is 40.0 Å². The van der Waals surface area contributed by atoms with E-state index >= 15 is 0 Å². The van der Waals surface area contributed by atoms with Crippen molar-refractivity contribution in [1.82, 2.24) is 10.2 Å². The predicted octanol–water partition coefficient (Wildman–Crippen LogP) is 3.11. The number of piperidine rings is 1. The van der Waals surface area contributed by atoms with E-state index in [0.29, 0.717) is 13.1 Å². The van der Waals surface area contributed by atoms with Crippen LogP contribution >= 0.6 is 0 Å². The number of nitrogens with one attached hydrogen (secondary N) is 1. The number of carbonyl (C=O) groups excluding carboxylic acids is 1. The summed E-state index contributed by atoms with van der Waals surface area (Å²) in [7, 11) is 0. The van der Waals surface area contributed by atoms with Crippen LogP contribution in [0.25, 0.3) is 0 Å². The Labute approximate surface area is 122 Å². The van der Waals surface area contributed by atoms with Crippen LogP contribution in [0, 0.1) is 0 Å². The number of rotatable bonds is 5. The molecule has 1 saturated heterocycles. The molecule has 1 aliphatic rings. The minimum absolute atomic E-state index is 0.0362. The van der Waals surface area contributed by atoms with Gasteiger partial charge in [0.05, 0.1) is 0 Å². The van der Waals surface area contributed by atoms with Gasteiger partial charge in [-0.1, -0.05) is 12.2 Å². The summed E-state index contributed by atoms with van der Waals surface area (Å²) in [6.45, 7) is 15.5. The summed E-state index contributed by atoms with van der Waals surface area (Å²) in [4.78, 5) is 13.8. The van der Waals surface area contributed by atoms with Crippen molar-refractivity contribution in [3.8, 4) is 0 Å². The zero-order valence-electron chi connectivity index (χ0n) is 13.1. The van der Waals surface area contributed by atoms with Gasteiger partial charge in [0.2, 0.25) is 0 Å². The summed E-state index contributed by atoms with van der Waals surface area (Å²) in [6, 6.07) is 0. The maximum atomic E-state index is 12.0. The summed E-state index contributed by atoms with van der Waals surface area (Å²) < 4.78 is 5.42. The molecule has 0 unspecified atom stereocenters. The first-order valence-corrected chi connectivity index (χ1v) is 7.27. The zero-order chi connectivity index (χ0) is 15.2. The van der Waals surface area contributed by atoms with Gasteiger partial charge in [0.15, 0.2) is 0 Å². The first-order chi connectivity index (χ1) is 9.32. The SMILES string of the molecule is C=CCNC1(CC=C)CCN(C(=O)OC(C)(C)C)CC1. The molecule has 0 bridgehead atoms. The molecule has 0 aromatic heterocycles. The third-order valence-corrected chi connectivity index (χ3v) is 3.53. The van der Waals surface area contributed by atoms with E-state index in [1.54, 1.807) is 4.90 Å². The number of hydrogen-bond acceptors (Lipinski definition) is 3. The van der Waals surface area contributed by atoms with Gasteiger partial charge < -0.3 is 15.0 Å². The molecule has 114 valence electrons. The molecular weight excluding hydrogens is 252 g/mol. The summed E-state index contributed by atoms with van der Waals surface area (Å²) >= 11 is 0. The van der Waals surface area contributed by atoms with E-state index in [1.165, 1.54) is 0 Å². The summed E-state index contributed by atoms with van der Waals surface area (Å²) in [5.74, 6) is 0. The number of ether oxygens (including phenoxy) is 1. The van der Waals surface area contributed by atoms with Gasteiger partial charge in [-0.05, 0) is 40.0 Å². The molecule has 20 heavy (non-hydrogen) atoms. The summed E-state index contributed by atoms with van der Waals surface area (Å²) in [5, 5.41) is 3.53. The molecule has 1 N–H and O–H groups in total. The van der Waals surface area contributed by atoms with E-state index in [2.05, 4.69) is 18.5 Å². The molecule has 1 amide bonds. The van der Waals surface area contributed by atoms with Crippen molar-refractivity contribution in [2.75, 3.05) is 19.6 Å². The standard InChI is InChI=1S/C16H28N2O2/c1-6-8-16(17-11-7-2)9-12-18(13-10-16)14(19)20-15(3,4)5/h6-7,17H,1-2,8-13H2,3-5H3. The van der Waals surface area contributed by atoms with E-state index in [1.807, 2.05) is 32.9 Å². The Morgan fingerprint density at radius 1 is 1.30 bits per heavy atom. The van der Waals surface area contributed by atoms with Crippen LogP contribution in [-0.4, -0.2) is 41.8 Å². The van der Waals surface area contributed by atoms with E-state index in [-0.39, 0.29) is 11.6 Å². The molecule has 0 aliphatic carbocycles. The van der Waals surface area contributed by atoms with Crippen molar-refractivity contribution < 1.29 is 9.53 Å². The topological polar surface area (TPSA) is 41.6 Å². The third kappa shape index (κ3) is 5.00. The number of amides is 1. The molecule has 0 atom stereocenters. The van der Waals surface area contributed by atoms with Gasteiger partial charge in [-0.2, -0.15) is 0 Å². The molecule has 0 radical (unpaired) electrons. The summed E-state index contributed by atoms with van der Waals surface area (Å²) in [5.41, 5.74) is -0.401. The van der Waals surface area contributed by atoms with Gasteiger partial charge in [-0.3, -0.25) is 0 Å². The second kappa shape index (κ2) is 6.93. The molecule has 4 nitrogen and oxygen atoms in total. The van der Waals surface area contributed by atoms with Gasteiger partial charge in [-0.15, -0.1) is 13.2 Å². The quantitative estimate of drug-likeness (QED) is 0.787. The first kappa shape index (κ1) is 16.8. The predicted molar refractivity (Wildman–Crippen MR) is 82.8 cm³/mol. The Bertz CT molecular complexity index is 350. The van der Waals surface area contributed by atoms with Crippen molar-refractivity contribution in [3.63, 3.8) is 0 Å². The Kier molecular flexibility index (Phi) is 5.81. The second-order valence-electron chi connectivity index (χ2n) is 6.41. The van der Waals surface area contributed by atoms with Gasteiger partial charge in [0.25, 0.3) is 0 Å². The van der Waals surface area contributed by atoms with Crippen LogP contribution in [0.15, 0.2) is 25.3 Å². The molecule has 1 rings (SSSR count). The largest absolute Gasteiger partial charge is 0.444 e. The smallest absolute Gasteiger partial charge is 0.410 e. The highest BCUT2D eigenvalue weighted by atomic mass is 16.6. The van der Waals surface area contributed by atoms with Crippen LogP contribution in [0.3, 0.4) is 0 Å². The molecule has 0 saturated carbocycles. The molecule has 0 aromatic rings. The molecular formula is C16H28N2O2. The maximum Gasteiger partial charge on any atom is 0.410 e. The van der Waals surface area contributed by atoms with Crippen LogP contribution < -0.4 is 5.32 Å². The minimum Gasteiger partial charge on any atom is -0.444 e. The average Bonchev–Trinajstić information content (AvgIpc) is 2.35. The van der Waals surface area contributed by atoms with Gasteiger partial charge in [0.1, 0.15) is 5.60 Å². The lowest BCUT2D eigenvalue weighted by Crippen LogP contribution is -2.54. The fraction of sp³-hybridized carbons (Fsp3) is 0.688. The molecule has 0 spiro atoms. The Hall–Kier alpha value is -1.29. The van der Waals surface area contributed by atoms with Gasteiger partial charge >= 0.3 is 6.09 Å². The van der Waals surface area contributed by atoms with Crippen molar-refractivity contribution in [3.05, 3.63) is 25.3 Å². The van der Waals surface area contributed by atoms with E-state index in [9.17, 15) is 4.79 Å². The van der Waals surface area contributed by atoms with Crippen molar-refractivity contribution >= 4 is 6.09 Å². The van der Waals surface area contributed by atoms with E-state index < -0.39 is 5.60 Å². The molecule has 0 aromatic carbocycles. The van der Waals surface area contributed by atoms with Crippen LogP contribution in [0.5, 0.6) is 0 Å². The second-order valence-corrected chi connectivity index (χ2v) is 6.41. The molecule has 1 heterocycles. The fourth-order valence-electron chi connectivity index (χ4n) is 2.46. The lowest BCUT2D eigenvalue weighted by Gasteiger charge is -2.42. The Morgan fingerprint density at radius 2 is 1.90 bits per heavy atom. The van der Waals surface area contributed by atoms with Gasteiger partial charge in [-0.25, -0.2) is 4.79 Å². The highest BCUT2D eigenvalue weighted by molar-refractivity contribution is 5.68. The van der Waals surface area contributed by atoms with Crippen molar-refractivity contribution in [2.45, 2.75) is 51.2 Å². The molecule has 1 aliphatic heterocycles. The van der Waals surface area contributed by atoms with Crippen molar-refractivity contribution in [1.29, 1.82) is 0 Å². The Morgan fingerprint density at radius 3 is 2.35 bits per heavy atom. The summed E-state index contributed by atoms with van der Waals surface area (Å²) in [6.07, 6.45) is 6.32. The lowest BCUT2D eigenvalue weighted by atomic mass is 9.84. The van der Waals surface area contributed by atoms with E-state index in [0.717, 1.165) is 25.8 Å².